The van der Waals surface area contributed by atoms with Crippen molar-refractivity contribution >= 4 is 0 Å². The maximum atomic E-state index is 8.92. The van der Waals surface area contributed by atoms with Crippen LogP contribution in [0.5, 0.6) is 5.75 Å². The van der Waals surface area contributed by atoms with Crippen LogP contribution >= 0.6 is 0 Å². The highest BCUT2D eigenvalue weighted by molar-refractivity contribution is 5.29. The highest BCUT2D eigenvalue weighted by atomic mass is 16.5. The summed E-state index contributed by atoms with van der Waals surface area (Å²) in [6.45, 7) is 2.01. The largest absolute Gasteiger partial charge is 0.497 e. The molecular formula is C11H17NO2. The normalized spacial score (nSPS) is 14.9. The summed E-state index contributed by atoms with van der Waals surface area (Å²) in [7, 11) is 1.64. The summed E-state index contributed by atoms with van der Waals surface area (Å²) in [5.74, 6) is 0.990. The molecule has 0 aliphatic heterocycles. The molecule has 1 aromatic rings. The lowest BCUT2D eigenvalue weighted by molar-refractivity contribution is 0.252. The minimum absolute atomic E-state index is 0.00714. The molecular weight excluding hydrogens is 178 g/mol. The molecule has 3 N–H and O–H groups in total. The van der Waals surface area contributed by atoms with Crippen LogP contribution in [0.4, 0.5) is 0 Å². The lowest BCUT2D eigenvalue weighted by Crippen LogP contribution is -2.30. The molecule has 0 fully saturated rings. The van der Waals surface area contributed by atoms with E-state index in [4.69, 9.17) is 15.6 Å². The number of nitrogens with two attached hydrogens (primary N) is 1. The molecule has 0 aromatic heterocycles. The summed E-state index contributed by atoms with van der Waals surface area (Å²) >= 11 is 0. The lowest BCUT2D eigenvalue weighted by atomic mass is 9.94. The Balaban J connectivity index is 2.75. The van der Waals surface area contributed by atoms with Gasteiger partial charge in [-0.3, -0.25) is 0 Å². The Morgan fingerprint density at radius 1 is 1.36 bits per heavy atom. The van der Waals surface area contributed by atoms with Gasteiger partial charge in [0.25, 0.3) is 0 Å². The first kappa shape index (κ1) is 11.0. The monoisotopic (exact) mass is 195 g/mol. The molecule has 2 atom stereocenters. The van der Waals surface area contributed by atoms with Crippen molar-refractivity contribution in [1.29, 1.82) is 0 Å². The van der Waals surface area contributed by atoms with Crippen LogP contribution in [0.1, 0.15) is 18.4 Å². The smallest absolute Gasteiger partial charge is 0.118 e. The summed E-state index contributed by atoms with van der Waals surface area (Å²) in [6, 6.07) is 7.53. The minimum Gasteiger partial charge on any atom is -0.497 e. The number of benzene rings is 1. The third-order valence-electron chi connectivity index (χ3n) is 2.49. The zero-order valence-corrected chi connectivity index (χ0v) is 8.60. The second-order valence-electron chi connectivity index (χ2n) is 3.41. The average molecular weight is 195 g/mol. The molecule has 0 spiro atoms. The van der Waals surface area contributed by atoms with Gasteiger partial charge in [-0.05, 0) is 23.6 Å². The van der Waals surface area contributed by atoms with E-state index in [2.05, 4.69) is 0 Å². The lowest BCUT2D eigenvalue weighted by Gasteiger charge is -2.18. The van der Waals surface area contributed by atoms with Crippen molar-refractivity contribution in [2.24, 2.45) is 5.73 Å². The quantitative estimate of drug-likeness (QED) is 0.757. The van der Waals surface area contributed by atoms with Crippen molar-refractivity contribution < 1.29 is 9.84 Å². The second kappa shape index (κ2) is 4.98. The third-order valence-corrected chi connectivity index (χ3v) is 2.49. The topological polar surface area (TPSA) is 55.5 Å². The summed E-state index contributed by atoms with van der Waals surface area (Å²) in [5.41, 5.74) is 6.86. The number of rotatable bonds is 4. The molecule has 3 heteroatoms. The van der Waals surface area contributed by atoms with E-state index in [1.807, 2.05) is 31.2 Å². The van der Waals surface area contributed by atoms with Crippen molar-refractivity contribution in [3.05, 3.63) is 29.8 Å². The number of hydrogen-bond donors (Lipinski definition) is 2. The first-order chi connectivity index (χ1) is 6.69. The third kappa shape index (κ3) is 2.47. The van der Waals surface area contributed by atoms with Gasteiger partial charge < -0.3 is 15.6 Å². The molecule has 0 amide bonds. The van der Waals surface area contributed by atoms with Crippen molar-refractivity contribution in [3.63, 3.8) is 0 Å². The maximum Gasteiger partial charge on any atom is 0.118 e. The van der Waals surface area contributed by atoms with E-state index in [0.29, 0.717) is 0 Å². The van der Waals surface area contributed by atoms with Gasteiger partial charge in [-0.25, -0.2) is 0 Å². The van der Waals surface area contributed by atoms with E-state index in [0.717, 1.165) is 11.3 Å². The molecule has 0 saturated heterocycles. The SMILES string of the molecule is COc1ccc(C(C)C(N)CO)cc1. The Morgan fingerprint density at radius 3 is 2.36 bits per heavy atom. The molecule has 0 bridgehead atoms. The van der Waals surface area contributed by atoms with E-state index >= 15 is 0 Å². The number of hydrogen-bond acceptors (Lipinski definition) is 3. The highest BCUT2D eigenvalue weighted by Crippen LogP contribution is 2.20. The maximum absolute atomic E-state index is 8.92. The van der Waals surface area contributed by atoms with Gasteiger partial charge in [-0.1, -0.05) is 19.1 Å². The van der Waals surface area contributed by atoms with E-state index in [1.54, 1.807) is 7.11 Å². The molecule has 3 nitrogen and oxygen atoms in total. The summed E-state index contributed by atoms with van der Waals surface area (Å²) in [5, 5.41) is 8.92. The Kier molecular flexibility index (Phi) is 3.92. The highest BCUT2D eigenvalue weighted by Gasteiger charge is 2.13. The Hall–Kier alpha value is -1.06. The van der Waals surface area contributed by atoms with Crippen LogP contribution in [0.25, 0.3) is 0 Å². The molecule has 1 aromatic carbocycles. The zero-order chi connectivity index (χ0) is 10.6. The van der Waals surface area contributed by atoms with Crippen LogP contribution in [0, 0.1) is 0 Å². The first-order valence-electron chi connectivity index (χ1n) is 4.69. The molecule has 1 rings (SSSR count). The Bertz CT molecular complexity index is 271. The van der Waals surface area contributed by atoms with Gasteiger partial charge in [-0.2, -0.15) is 0 Å². The van der Waals surface area contributed by atoms with Gasteiger partial charge in [0.15, 0.2) is 0 Å². The van der Waals surface area contributed by atoms with Gasteiger partial charge in [0.1, 0.15) is 5.75 Å². The van der Waals surface area contributed by atoms with Crippen molar-refractivity contribution in [1.82, 2.24) is 0 Å². The molecule has 0 saturated carbocycles. The van der Waals surface area contributed by atoms with Crippen LogP contribution < -0.4 is 10.5 Å². The number of ether oxygens (including phenoxy) is 1. The number of aliphatic hydroxyl groups is 1. The fraction of sp³-hybridized carbons (Fsp3) is 0.455. The predicted molar refractivity (Wildman–Crippen MR) is 56.5 cm³/mol. The zero-order valence-electron chi connectivity index (χ0n) is 8.60. The van der Waals surface area contributed by atoms with Crippen LogP contribution in [0.15, 0.2) is 24.3 Å². The van der Waals surface area contributed by atoms with E-state index in [9.17, 15) is 0 Å². The summed E-state index contributed by atoms with van der Waals surface area (Å²) < 4.78 is 5.06. The van der Waals surface area contributed by atoms with Gasteiger partial charge >= 0.3 is 0 Å². The number of aliphatic hydroxyl groups excluding tert-OH is 1. The van der Waals surface area contributed by atoms with Gasteiger partial charge in [0.2, 0.25) is 0 Å². The summed E-state index contributed by atoms with van der Waals surface area (Å²) in [6.07, 6.45) is 0. The first-order valence-corrected chi connectivity index (χ1v) is 4.69. The van der Waals surface area contributed by atoms with Crippen LogP contribution in [-0.2, 0) is 0 Å². The molecule has 14 heavy (non-hydrogen) atoms. The molecule has 0 heterocycles. The Labute approximate surface area is 84.5 Å². The van der Waals surface area contributed by atoms with Crippen molar-refractivity contribution in [2.75, 3.05) is 13.7 Å². The standard InChI is InChI=1S/C11H17NO2/c1-8(11(12)7-13)9-3-5-10(14-2)6-4-9/h3-6,8,11,13H,7,12H2,1-2H3. The van der Waals surface area contributed by atoms with E-state index in [-0.39, 0.29) is 18.6 Å². The van der Waals surface area contributed by atoms with Crippen LogP contribution in [0.2, 0.25) is 0 Å². The van der Waals surface area contributed by atoms with Crippen LogP contribution in [0.3, 0.4) is 0 Å². The van der Waals surface area contributed by atoms with Gasteiger partial charge in [0.05, 0.1) is 13.7 Å². The summed E-state index contributed by atoms with van der Waals surface area (Å²) in [4.78, 5) is 0. The molecule has 2 unspecified atom stereocenters. The fourth-order valence-electron chi connectivity index (χ4n) is 1.31. The molecule has 0 radical (unpaired) electrons. The molecule has 0 aliphatic rings. The second-order valence-corrected chi connectivity index (χ2v) is 3.41. The predicted octanol–water partition coefficient (Wildman–Crippen LogP) is 1.12. The van der Waals surface area contributed by atoms with Crippen molar-refractivity contribution in [3.8, 4) is 5.75 Å². The number of methoxy groups -OCH3 is 1. The van der Waals surface area contributed by atoms with Gasteiger partial charge in [0, 0.05) is 6.04 Å². The van der Waals surface area contributed by atoms with Gasteiger partial charge in [-0.15, -0.1) is 0 Å². The average Bonchev–Trinajstić information content (AvgIpc) is 2.27. The fourth-order valence-corrected chi connectivity index (χ4v) is 1.31. The van der Waals surface area contributed by atoms with Crippen LogP contribution in [-0.4, -0.2) is 24.9 Å². The minimum atomic E-state index is -0.205. The van der Waals surface area contributed by atoms with E-state index in [1.165, 1.54) is 0 Å². The Morgan fingerprint density at radius 2 is 1.93 bits per heavy atom. The van der Waals surface area contributed by atoms with E-state index < -0.39 is 0 Å². The van der Waals surface area contributed by atoms with Crippen molar-refractivity contribution in [2.45, 2.75) is 18.9 Å². The molecule has 78 valence electrons. The molecule has 0 aliphatic carbocycles.